The number of hydrogen-bond donors (Lipinski definition) is 0. The third-order valence-electron chi connectivity index (χ3n) is 5.74. The smallest absolute Gasteiger partial charge is 0.0190 e. The molecular weight excluding hydrogens is 312 g/mol. The number of aryl methyl sites for hydroxylation is 4. The predicted octanol–water partition coefficient (Wildman–Crippen LogP) is 7.21. The van der Waals surface area contributed by atoms with Crippen LogP contribution >= 0.6 is 0 Å². The maximum Gasteiger partial charge on any atom is 0.0190 e. The van der Waals surface area contributed by atoms with Gasteiger partial charge in [0, 0.05) is 11.8 Å². The van der Waals surface area contributed by atoms with E-state index in [4.69, 9.17) is 0 Å². The van der Waals surface area contributed by atoms with E-state index in [1.165, 1.54) is 39.8 Å². The van der Waals surface area contributed by atoms with Gasteiger partial charge in [-0.2, -0.15) is 0 Å². The molecule has 136 valence electrons. The minimum atomic E-state index is 0.381. The van der Waals surface area contributed by atoms with Gasteiger partial charge in [0.05, 0.1) is 0 Å². The Morgan fingerprint density at radius 3 is 1.65 bits per heavy atom. The third kappa shape index (κ3) is 3.85. The first-order chi connectivity index (χ1) is 12.4. The standard InChI is InChI=1S/C26H32/c1-7-21(6)24-9-8-10-25(24)26(22-13-17(2)11-18(3)14-22)23-15-19(4)12-20(5)16-23/h8-16,21,25-26H,7H2,1-6H3. The maximum absolute atomic E-state index is 2.42. The molecular formula is C26H32. The fourth-order valence-electron chi connectivity index (χ4n) is 4.53. The van der Waals surface area contributed by atoms with Crippen molar-refractivity contribution in [2.75, 3.05) is 0 Å². The largest absolute Gasteiger partial charge is 0.0764 e. The molecule has 0 bridgehead atoms. The molecule has 0 saturated heterocycles. The average Bonchev–Trinajstić information content (AvgIpc) is 3.01. The van der Waals surface area contributed by atoms with E-state index in [9.17, 15) is 0 Å². The summed E-state index contributed by atoms with van der Waals surface area (Å²) in [4.78, 5) is 0. The average molecular weight is 345 g/mol. The second-order valence-electron chi connectivity index (χ2n) is 8.21. The Labute approximate surface area is 159 Å². The van der Waals surface area contributed by atoms with Gasteiger partial charge in [0.2, 0.25) is 0 Å². The maximum atomic E-state index is 2.42. The van der Waals surface area contributed by atoms with Gasteiger partial charge in [-0.3, -0.25) is 0 Å². The van der Waals surface area contributed by atoms with Crippen LogP contribution in [-0.2, 0) is 0 Å². The first-order valence-electron chi connectivity index (χ1n) is 9.93. The van der Waals surface area contributed by atoms with E-state index in [1.807, 2.05) is 0 Å². The monoisotopic (exact) mass is 344 g/mol. The topological polar surface area (TPSA) is 0 Å². The van der Waals surface area contributed by atoms with Crippen LogP contribution in [0, 0.1) is 39.5 Å². The summed E-state index contributed by atoms with van der Waals surface area (Å²) in [5, 5.41) is 0. The summed E-state index contributed by atoms with van der Waals surface area (Å²) in [5.41, 5.74) is 9.87. The van der Waals surface area contributed by atoms with Crippen molar-refractivity contribution in [3.8, 4) is 0 Å². The molecule has 0 fully saturated rings. The number of hydrogen-bond acceptors (Lipinski definition) is 0. The molecule has 0 aromatic heterocycles. The SMILES string of the molecule is CCC(C)C1=CC=CC1C(c1cc(C)cc(C)c1)c1cc(C)cc(C)c1. The summed E-state index contributed by atoms with van der Waals surface area (Å²) in [5.74, 6) is 1.45. The molecule has 2 aromatic rings. The van der Waals surface area contributed by atoms with Crippen LogP contribution in [0.15, 0.2) is 60.2 Å². The molecule has 0 aliphatic heterocycles. The first-order valence-corrected chi connectivity index (χ1v) is 9.93. The minimum Gasteiger partial charge on any atom is -0.0764 e. The zero-order valence-corrected chi connectivity index (χ0v) is 17.1. The van der Waals surface area contributed by atoms with Gasteiger partial charge in [0.1, 0.15) is 0 Å². The Balaban J connectivity index is 2.16. The van der Waals surface area contributed by atoms with Gasteiger partial charge in [-0.25, -0.2) is 0 Å². The van der Waals surface area contributed by atoms with Gasteiger partial charge in [-0.1, -0.05) is 96.3 Å². The van der Waals surface area contributed by atoms with Crippen molar-refractivity contribution < 1.29 is 0 Å². The summed E-state index contributed by atoms with van der Waals surface area (Å²) < 4.78 is 0. The molecule has 26 heavy (non-hydrogen) atoms. The molecule has 1 aliphatic carbocycles. The van der Waals surface area contributed by atoms with Crippen molar-refractivity contribution in [2.24, 2.45) is 11.8 Å². The van der Waals surface area contributed by atoms with Gasteiger partial charge < -0.3 is 0 Å². The molecule has 0 N–H and O–H groups in total. The lowest BCUT2D eigenvalue weighted by molar-refractivity contribution is 0.542. The molecule has 0 heterocycles. The van der Waals surface area contributed by atoms with E-state index in [-0.39, 0.29) is 0 Å². The molecule has 0 heteroatoms. The lowest BCUT2D eigenvalue weighted by Gasteiger charge is -2.30. The van der Waals surface area contributed by atoms with Crippen LogP contribution in [0.1, 0.15) is 59.6 Å². The van der Waals surface area contributed by atoms with Gasteiger partial charge in [-0.15, -0.1) is 0 Å². The third-order valence-corrected chi connectivity index (χ3v) is 5.74. The van der Waals surface area contributed by atoms with Crippen LogP contribution in [0.4, 0.5) is 0 Å². The van der Waals surface area contributed by atoms with Gasteiger partial charge in [0.25, 0.3) is 0 Å². The summed E-state index contributed by atoms with van der Waals surface area (Å²) in [6.07, 6.45) is 8.24. The number of rotatable bonds is 5. The van der Waals surface area contributed by atoms with E-state index in [0.29, 0.717) is 17.8 Å². The number of benzene rings is 2. The summed E-state index contributed by atoms with van der Waals surface area (Å²) in [6.45, 7) is 13.5. The van der Waals surface area contributed by atoms with Gasteiger partial charge >= 0.3 is 0 Å². The Bertz CT molecular complexity index is 758. The highest BCUT2D eigenvalue weighted by molar-refractivity contribution is 5.46. The van der Waals surface area contributed by atoms with Gasteiger partial charge in [-0.05, 0) is 51.2 Å². The molecule has 0 saturated carbocycles. The molecule has 3 rings (SSSR count). The molecule has 0 nitrogen and oxygen atoms in total. The quantitative estimate of drug-likeness (QED) is 0.537. The fourth-order valence-corrected chi connectivity index (χ4v) is 4.53. The zero-order chi connectivity index (χ0) is 18.8. The van der Waals surface area contributed by atoms with E-state index in [2.05, 4.69) is 96.2 Å². The molecule has 0 spiro atoms. The lowest BCUT2D eigenvalue weighted by atomic mass is 9.74. The first kappa shape index (κ1) is 18.7. The zero-order valence-electron chi connectivity index (χ0n) is 17.1. The van der Waals surface area contributed by atoms with Crippen LogP contribution < -0.4 is 0 Å². The molecule has 2 unspecified atom stereocenters. The van der Waals surface area contributed by atoms with Gasteiger partial charge in [0.15, 0.2) is 0 Å². The molecule has 0 radical (unpaired) electrons. The Morgan fingerprint density at radius 1 is 0.769 bits per heavy atom. The van der Waals surface area contributed by atoms with Crippen LogP contribution in [0.2, 0.25) is 0 Å². The Morgan fingerprint density at radius 2 is 1.23 bits per heavy atom. The van der Waals surface area contributed by atoms with Crippen LogP contribution in [0.3, 0.4) is 0 Å². The molecule has 1 aliphatic rings. The summed E-state index contributed by atoms with van der Waals surface area (Å²) >= 11 is 0. The van der Waals surface area contributed by atoms with Crippen molar-refractivity contribution in [3.05, 3.63) is 93.6 Å². The van der Waals surface area contributed by atoms with Crippen molar-refractivity contribution in [1.82, 2.24) is 0 Å². The van der Waals surface area contributed by atoms with E-state index in [0.717, 1.165) is 0 Å². The predicted molar refractivity (Wildman–Crippen MR) is 114 cm³/mol. The van der Waals surface area contributed by atoms with E-state index < -0.39 is 0 Å². The van der Waals surface area contributed by atoms with Crippen LogP contribution in [-0.4, -0.2) is 0 Å². The Hall–Kier alpha value is -2.08. The normalized spacial score (nSPS) is 17.7. The second kappa shape index (κ2) is 7.66. The highest BCUT2D eigenvalue weighted by Crippen LogP contribution is 2.43. The van der Waals surface area contributed by atoms with Crippen molar-refractivity contribution in [2.45, 2.75) is 53.9 Å². The highest BCUT2D eigenvalue weighted by atomic mass is 14.3. The summed E-state index contributed by atoms with van der Waals surface area (Å²) in [6, 6.07) is 14.1. The van der Waals surface area contributed by atoms with Crippen molar-refractivity contribution in [1.29, 1.82) is 0 Å². The van der Waals surface area contributed by atoms with E-state index >= 15 is 0 Å². The fraction of sp³-hybridized carbons (Fsp3) is 0.385. The Kier molecular flexibility index (Phi) is 5.51. The minimum absolute atomic E-state index is 0.381. The molecule has 2 aromatic carbocycles. The molecule has 2 atom stereocenters. The van der Waals surface area contributed by atoms with E-state index in [1.54, 1.807) is 5.57 Å². The van der Waals surface area contributed by atoms with Crippen molar-refractivity contribution >= 4 is 0 Å². The van der Waals surface area contributed by atoms with Crippen molar-refractivity contribution in [3.63, 3.8) is 0 Å². The lowest BCUT2D eigenvalue weighted by Crippen LogP contribution is -2.17. The second-order valence-corrected chi connectivity index (χ2v) is 8.21. The van der Waals surface area contributed by atoms with Crippen LogP contribution in [0.5, 0.6) is 0 Å². The number of allylic oxidation sites excluding steroid dienone is 4. The highest BCUT2D eigenvalue weighted by Gasteiger charge is 2.30. The summed E-state index contributed by atoms with van der Waals surface area (Å²) in [7, 11) is 0. The van der Waals surface area contributed by atoms with Crippen LogP contribution in [0.25, 0.3) is 0 Å². The molecule has 0 amide bonds.